The van der Waals surface area contributed by atoms with E-state index in [1.165, 1.54) is 0 Å². The normalized spacial score (nSPS) is 9.42. The highest BCUT2D eigenvalue weighted by atomic mass is 16.7. The summed E-state index contributed by atoms with van der Waals surface area (Å²) < 4.78 is 14.4. The van der Waals surface area contributed by atoms with Crippen LogP contribution in [-0.4, -0.2) is 32.6 Å². The van der Waals surface area contributed by atoms with Gasteiger partial charge in [0.05, 0.1) is 13.2 Å². The molecular weight excluding hydrogens is 160 g/mol. The molecule has 12 heavy (non-hydrogen) atoms. The fraction of sp³-hybridized carbons (Fsp3) is 0.625. The molecule has 70 valence electrons. The van der Waals surface area contributed by atoms with Crippen molar-refractivity contribution in [1.82, 2.24) is 0 Å². The highest BCUT2D eigenvalue weighted by Gasteiger charge is 1.93. The Morgan fingerprint density at radius 2 is 2.08 bits per heavy atom. The quantitative estimate of drug-likeness (QED) is 0.247. The third kappa shape index (κ3) is 7.24. The summed E-state index contributed by atoms with van der Waals surface area (Å²) in [7, 11) is 0. The summed E-state index contributed by atoms with van der Waals surface area (Å²) in [5.74, 6) is -0.480. The van der Waals surface area contributed by atoms with Gasteiger partial charge < -0.3 is 14.2 Å². The fourth-order valence-corrected chi connectivity index (χ4v) is 0.480. The summed E-state index contributed by atoms with van der Waals surface area (Å²) in [5, 5.41) is 0. The van der Waals surface area contributed by atoms with Crippen molar-refractivity contribution in [1.29, 1.82) is 0 Å². The minimum Gasteiger partial charge on any atom is -0.435 e. The molecular formula is C8H14O4. The Morgan fingerprint density at radius 3 is 2.67 bits per heavy atom. The van der Waals surface area contributed by atoms with Crippen LogP contribution in [0.2, 0.25) is 0 Å². The minimum atomic E-state index is -0.480. The average Bonchev–Trinajstić information content (AvgIpc) is 2.10. The van der Waals surface area contributed by atoms with Crippen molar-refractivity contribution < 1.29 is 19.0 Å². The molecule has 4 heteroatoms. The molecule has 0 aromatic rings. The molecule has 0 aliphatic carbocycles. The Balaban J connectivity index is 3.00. The molecule has 0 aromatic heterocycles. The molecule has 0 saturated carbocycles. The summed E-state index contributed by atoms with van der Waals surface area (Å²) in [6.07, 6.45) is 1.09. The molecule has 4 nitrogen and oxygen atoms in total. The number of esters is 1. The second kappa shape index (κ2) is 8.23. The maximum absolute atomic E-state index is 10.4. The van der Waals surface area contributed by atoms with Crippen molar-refractivity contribution in [2.75, 3.05) is 26.6 Å². The van der Waals surface area contributed by atoms with Gasteiger partial charge in [-0.15, -0.1) is 0 Å². The van der Waals surface area contributed by atoms with Gasteiger partial charge in [0.1, 0.15) is 0 Å². The Bertz CT molecular complexity index is 133. The maximum Gasteiger partial charge on any atom is 0.332 e. The molecule has 0 heterocycles. The first-order chi connectivity index (χ1) is 5.81. The molecule has 0 aromatic carbocycles. The van der Waals surface area contributed by atoms with Crippen LogP contribution in [0.15, 0.2) is 12.7 Å². The monoisotopic (exact) mass is 174 g/mol. The Morgan fingerprint density at radius 1 is 1.42 bits per heavy atom. The topological polar surface area (TPSA) is 44.8 Å². The maximum atomic E-state index is 10.4. The Labute approximate surface area is 72.1 Å². The van der Waals surface area contributed by atoms with Crippen LogP contribution in [0.25, 0.3) is 0 Å². The van der Waals surface area contributed by atoms with Gasteiger partial charge in [-0.3, -0.25) is 0 Å². The predicted octanol–water partition coefficient (Wildman–Crippen LogP) is 0.726. The summed E-state index contributed by atoms with van der Waals surface area (Å²) >= 11 is 0. The van der Waals surface area contributed by atoms with E-state index in [-0.39, 0.29) is 6.79 Å². The number of ether oxygens (including phenoxy) is 3. The van der Waals surface area contributed by atoms with Crippen LogP contribution in [0.4, 0.5) is 0 Å². The molecule has 0 atom stereocenters. The van der Waals surface area contributed by atoms with Gasteiger partial charge in [0.15, 0.2) is 6.79 Å². The first-order valence-corrected chi connectivity index (χ1v) is 3.76. The van der Waals surface area contributed by atoms with E-state index in [1.807, 2.05) is 6.92 Å². The van der Waals surface area contributed by atoms with Crippen molar-refractivity contribution in [3.8, 4) is 0 Å². The lowest BCUT2D eigenvalue weighted by molar-refractivity contribution is -0.151. The summed E-state index contributed by atoms with van der Waals surface area (Å²) in [6.45, 7) is 6.70. The molecule has 0 rings (SSSR count). The SMILES string of the molecule is C=CC(=O)OCOCCOCC. The highest BCUT2D eigenvalue weighted by molar-refractivity contribution is 5.81. The van der Waals surface area contributed by atoms with Gasteiger partial charge in [-0.25, -0.2) is 4.79 Å². The molecule has 0 aliphatic rings. The van der Waals surface area contributed by atoms with Crippen LogP contribution >= 0.6 is 0 Å². The molecule has 0 amide bonds. The second-order valence-corrected chi connectivity index (χ2v) is 1.89. The molecule has 0 spiro atoms. The van der Waals surface area contributed by atoms with Gasteiger partial charge in [0, 0.05) is 12.7 Å². The average molecular weight is 174 g/mol. The standard InChI is InChI=1S/C8H14O4/c1-3-8(9)12-7-11-6-5-10-4-2/h3H,1,4-7H2,2H3. The highest BCUT2D eigenvalue weighted by Crippen LogP contribution is 1.82. The smallest absolute Gasteiger partial charge is 0.332 e. The van der Waals surface area contributed by atoms with Crippen molar-refractivity contribution in [3.05, 3.63) is 12.7 Å². The fourth-order valence-electron chi connectivity index (χ4n) is 0.480. The summed E-state index contributed by atoms with van der Waals surface area (Å²) in [4.78, 5) is 10.4. The molecule has 0 N–H and O–H groups in total. The first-order valence-electron chi connectivity index (χ1n) is 3.76. The van der Waals surface area contributed by atoms with Gasteiger partial charge in [-0.05, 0) is 6.92 Å². The largest absolute Gasteiger partial charge is 0.435 e. The van der Waals surface area contributed by atoms with Crippen LogP contribution in [0.5, 0.6) is 0 Å². The van der Waals surface area contributed by atoms with Crippen molar-refractivity contribution >= 4 is 5.97 Å². The van der Waals surface area contributed by atoms with Crippen LogP contribution in [0, 0.1) is 0 Å². The van der Waals surface area contributed by atoms with E-state index in [0.29, 0.717) is 19.8 Å². The van der Waals surface area contributed by atoms with Crippen LogP contribution in [0.3, 0.4) is 0 Å². The number of carbonyl (C=O) groups is 1. The summed E-state index contributed by atoms with van der Waals surface area (Å²) in [5.41, 5.74) is 0. The summed E-state index contributed by atoms with van der Waals surface area (Å²) in [6, 6.07) is 0. The molecule has 0 unspecified atom stereocenters. The van der Waals surface area contributed by atoms with Crippen LogP contribution in [0.1, 0.15) is 6.92 Å². The number of rotatable bonds is 7. The Hall–Kier alpha value is -0.870. The zero-order valence-corrected chi connectivity index (χ0v) is 7.25. The molecule has 0 aliphatic heterocycles. The third-order valence-corrected chi connectivity index (χ3v) is 1.03. The van der Waals surface area contributed by atoms with E-state index in [1.54, 1.807) is 0 Å². The van der Waals surface area contributed by atoms with Gasteiger partial charge in [0.25, 0.3) is 0 Å². The van der Waals surface area contributed by atoms with Gasteiger partial charge in [-0.2, -0.15) is 0 Å². The van der Waals surface area contributed by atoms with E-state index < -0.39 is 5.97 Å². The molecule has 0 bridgehead atoms. The molecule has 0 saturated heterocycles. The van der Waals surface area contributed by atoms with Crippen molar-refractivity contribution in [2.45, 2.75) is 6.92 Å². The number of hydrogen-bond donors (Lipinski definition) is 0. The lowest BCUT2D eigenvalue weighted by atomic mass is 10.7. The van der Waals surface area contributed by atoms with Gasteiger partial charge in [-0.1, -0.05) is 6.58 Å². The molecule has 0 radical (unpaired) electrons. The zero-order valence-electron chi connectivity index (χ0n) is 7.25. The van der Waals surface area contributed by atoms with E-state index in [9.17, 15) is 4.79 Å². The second-order valence-electron chi connectivity index (χ2n) is 1.89. The van der Waals surface area contributed by atoms with Gasteiger partial charge in [0.2, 0.25) is 0 Å². The number of carbonyl (C=O) groups excluding carboxylic acids is 1. The van der Waals surface area contributed by atoms with Crippen molar-refractivity contribution in [2.24, 2.45) is 0 Å². The predicted molar refractivity (Wildman–Crippen MR) is 43.6 cm³/mol. The van der Waals surface area contributed by atoms with E-state index in [0.717, 1.165) is 6.08 Å². The first kappa shape index (κ1) is 11.1. The Kier molecular flexibility index (Phi) is 7.63. The lowest BCUT2D eigenvalue weighted by Gasteiger charge is -2.03. The third-order valence-electron chi connectivity index (χ3n) is 1.03. The van der Waals surface area contributed by atoms with Crippen LogP contribution in [-0.2, 0) is 19.0 Å². The van der Waals surface area contributed by atoms with Crippen molar-refractivity contribution in [3.63, 3.8) is 0 Å². The van der Waals surface area contributed by atoms with Crippen LogP contribution < -0.4 is 0 Å². The zero-order chi connectivity index (χ0) is 9.23. The number of hydrogen-bond acceptors (Lipinski definition) is 4. The lowest BCUT2D eigenvalue weighted by Crippen LogP contribution is -2.09. The van der Waals surface area contributed by atoms with Gasteiger partial charge >= 0.3 is 5.97 Å². The van der Waals surface area contributed by atoms with E-state index >= 15 is 0 Å². The van der Waals surface area contributed by atoms with E-state index in [2.05, 4.69) is 11.3 Å². The van der Waals surface area contributed by atoms with E-state index in [4.69, 9.17) is 9.47 Å². The minimum absolute atomic E-state index is 0.0437. The molecule has 0 fully saturated rings.